The zero-order valence-corrected chi connectivity index (χ0v) is 14.4. The van der Waals surface area contributed by atoms with Gasteiger partial charge in [0.05, 0.1) is 6.54 Å². The number of halogens is 1. The van der Waals surface area contributed by atoms with E-state index in [2.05, 4.69) is 34.1 Å². The van der Waals surface area contributed by atoms with Crippen molar-refractivity contribution in [2.24, 2.45) is 5.73 Å². The minimum Gasteiger partial charge on any atom is -0.369 e. The Bertz CT molecular complexity index is 677. The summed E-state index contributed by atoms with van der Waals surface area (Å²) >= 11 is 5.94. The van der Waals surface area contributed by atoms with Gasteiger partial charge in [0.15, 0.2) is 0 Å². The van der Waals surface area contributed by atoms with Crippen molar-refractivity contribution in [3.05, 3.63) is 59.1 Å². The SMILES string of the molecule is NC(=O)CN1CCN(Cc2ccc(-c3ccc(Cl)cc3)cc2)CC1. The lowest BCUT2D eigenvalue weighted by molar-refractivity contribution is -0.119. The van der Waals surface area contributed by atoms with E-state index < -0.39 is 0 Å². The van der Waals surface area contributed by atoms with Gasteiger partial charge in [0.2, 0.25) is 5.91 Å². The lowest BCUT2D eigenvalue weighted by Crippen LogP contribution is -2.48. The average Bonchev–Trinajstić information content (AvgIpc) is 2.58. The molecule has 0 radical (unpaired) electrons. The second-order valence-corrected chi connectivity index (χ2v) is 6.66. The van der Waals surface area contributed by atoms with Crippen LogP contribution in [0.4, 0.5) is 0 Å². The summed E-state index contributed by atoms with van der Waals surface area (Å²) in [5, 5.41) is 0.755. The van der Waals surface area contributed by atoms with Gasteiger partial charge in [-0.1, -0.05) is 48.0 Å². The maximum atomic E-state index is 11.0. The van der Waals surface area contributed by atoms with Gasteiger partial charge in [-0.15, -0.1) is 0 Å². The minimum absolute atomic E-state index is 0.249. The van der Waals surface area contributed by atoms with Crippen LogP contribution >= 0.6 is 11.6 Å². The molecule has 2 aromatic carbocycles. The molecule has 1 fully saturated rings. The van der Waals surface area contributed by atoms with Crippen LogP contribution in [-0.2, 0) is 11.3 Å². The van der Waals surface area contributed by atoms with E-state index in [9.17, 15) is 4.79 Å². The summed E-state index contributed by atoms with van der Waals surface area (Å²) < 4.78 is 0. The molecule has 0 atom stereocenters. The molecule has 1 aliphatic rings. The molecule has 1 heterocycles. The fourth-order valence-corrected chi connectivity index (χ4v) is 3.16. The van der Waals surface area contributed by atoms with Gasteiger partial charge in [-0.2, -0.15) is 0 Å². The number of carbonyl (C=O) groups is 1. The maximum Gasteiger partial charge on any atom is 0.231 e. The lowest BCUT2D eigenvalue weighted by Gasteiger charge is -2.34. The Morgan fingerprint density at radius 1 is 0.875 bits per heavy atom. The van der Waals surface area contributed by atoms with E-state index in [1.165, 1.54) is 16.7 Å². The van der Waals surface area contributed by atoms with Crippen LogP contribution in [0.15, 0.2) is 48.5 Å². The fraction of sp³-hybridized carbons (Fsp3) is 0.316. The third-order valence-corrected chi connectivity index (χ3v) is 4.63. The van der Waals surface area contributed by atoms with E-state index in [1.54, 1.807) is 0 Å². The van der Waals surface area contributed by atoms with E-state index in [0.717, 1.165) is 37.7 Å². The van der Waals surface area contributed by atoms with Gasteiger partial charge in [-0.25, -0.2) is 0 Å². The Kier molecular flexibility index (Phi) is 5.51. The molecule has 4 nitrogen and oxygen atoms in total. The van der Waals surface area contributed by atoms with E-state index in [0.29, 0.717) is 6.54 Å². The molecule has 0 aromatic heterocycles. The highest BCUT2D eigenvalue weighted by Gasteiger charge is 2.17. The quantitative estimate of drug-likeness (QED) is 0.908. The predicted molar refractivity (Wildman–Crippen MR) is 97.8 cm³/mol. The molecule has 1 saturated heterocycles. The summed E-state index contributed by atoms with van der Waals surface area (Å²) in [5.74, 6) is -0.249. The van der Waals surface area contributed by atoms with Crippen LogP contribution in [0.3, 0.4) is 0 Å². The number of hydrogen-bond donors (Lipinski definition) is 1. The summed E-state index contributed by atoms with van der Waals surface area (Å²) in [6, 6.07) is 16.6. The van der Waals surface area contributed by atoms with Crippen molar-refractivity contribution in [3.63, 3.8) is 0 Å². The molecule has 5 heteroatoms. The van der Waals surface area contributed by atoms with Crippen LogP contribution in [0.5, 0.6) is 0 Å². The van der Waals surface area contributed by atoms with Crippen LogP contribution in [0.25, 0.3) is 11.1 Å². The fourth-order valence-electron chi connectivity index (χ4n) is 3.03. The van der Waals surface area contributed by atoms with Crippen molar-refractivity contribution in [1.82, 2.24) is 9.80 Å². The molecule has 0 spiro atoms. The third-order valence-electron chi connectivity index (χ3n) is 4.38. The monoisotopic (exact) mass is 343 g/mol. The molecular formula is C19H22ClN3O. The highest BCUT2D eigenvalue weighted by atomic mass is 35.5. The Labute approximate surface area is 147 Å². The molecule has 126 valence electrons. The van der Waals surface area contributed by atoms with Crippen molar-refractivity contribution in [2.75, 3.05) is 32.7 Å². The van der Waals surface area contributed by atoms with E-state index in [4.69, 9.17) is 17.3 Å². The zero-order chi connectivity index (χ0) is 16.9. The maximum absolute atomic E-state index is 11.0. The standard InChI is InChI=1S/C19H22ClN3O/c20-18-7-5-17(6-8-18)16-3-1-15(2-4-16)13-22-9-11-23(12-10-22)14-19(21)24/h1-8H,9-14H2,(H2,21,24). The van der Waals surface area contributed by atoms with Crippen molar-refractivity contribution in [2.45, 2.75) is 6.54 Å². The summed E-state index contributed by atoms with van der Waals surface area (Å²) in [5.41, 5.74) is 8.92. The Morgan fingerprint density at radius 3 is 1.92 bits per heavy atom. The van der Waals surface area contributed by atoms with Gasteiger partial charge in [0.25, 0.3) is 0 Å². The first-order chi connectivity index (χ1) is 11.6. The van der Waals surface area contributed by atoms with Crippen LogP contribution < -0.4 is 5.73 Å². The number of amides is 1. The summed E-state index contributed by atoms with van der Waals surface area (Å²) in [6.45, 7) is 5.02. The molecule has 1 aliphatic heterocycles. The first-order valence-electron chi connectivity index (χ1n) is 8.18. The molecule has 1 amide bonds. The highest BCUT2D eigenvalue weighted by molar-refractivity contribution is 6.30. The van der Waals surface area contributed by atoms with Crippen LogP contribution in [0, 0.1) is 0 Å². The summed E-state index contributed by atoms with van der Waals surface area (Å²) in [4.78, 5) is 15.5. The highest BCUT2D eigenvalue weighted by Crippen LogP contribution is 2.22. The normalized spacial score (nSPS) is 16.2. The van der Waals surface area contributed by atoms with Crippen molar-refractivity contribution in [3.8, 4) is 11.1 Å². The van der Waals surface area contributed by atoms with Crippen molar-refractivity contribution in [1.29, 1.82) is 0 Å². The van der Waals surface area contributed by atoms with E-state index >= 15 is 0 Å². The number of nitrogens with zero attached hydrogens (tertiary/aromatic N) is 2. The summed E-state index contributed by atoms with van der Waals surface area (Å²) in [6.07, 6.45) is 0. The van der Waals surface area contributed by atoms with Crippen LogP contribution in [0.2, 0.25) is 5.02 Å². The number of benzene rings is 2. The minimum atomic E-state index is -0.249. The first kappa shape index (κ1) is 17.0. The molecule has 0 bridgehead atoms. The van der Waals surface area contributed by atoms with Gasteiger partial charge in [0, 0.05) is 37.7 Å². The Morgan fingerprint density at radius 2 is 1.38 bits per heavy atom. The van der Waals surface area contributed by atoms with Crippen molar-refractivity contribution < 1.29 is 4.79 Å². The third kappa shape index (κ3) is 4.57. The number of rotatable bonds is 5. The molecule has 0 saturated carbocycles. The molecule has 3 rings (SSSR count). The molecule has 2 aromatic rings. The smallest absolute Gasteiger partial charge is 0.231 e. The summed E-state index contributed by atoms with van der Waals surface area (Å²) in [7, 11) is 0. The second-order valence-electron chi connectivity index (χ2n) is 6.22. The van der Waals surface area contributed by atoms with Crippen LogP contribution in [0.1, 0.15) is 5.56 Å². The van der Waals surface area contributed by atoms with Crippen LogP contribution in [-0.4, -0.2) is 48.4 Å². The first-order valence-corrected chi connectivity index (χ1v) is 8.56. The number of primary amides is 1. The predicted octanol–water partition coefficient (Wildman–Crippen LogP) is 2.61. The topological polar surface area (TPSA) is 49.6 Å². The van der Waals surface area contributed by atoms with Gasteiger partial charge in [0.1, 0.15) is 0 Å². The Balaban J connectivity index is 1.55. The largest absolute Gasteiger partial charge is 0.369 e. The lowest BCUT2D eigenvalue weighted by atomic mass is 10.0. The zero-order valence-electron chi connectivity index (χ0n) is 13.6. The van der Waals surface area contributed by atoms with E-state index in [-0.39, 0.29) is 5.91 Å². The van der Waals surface area contributed by atoms with Crippen molar-refractivity contribution >= 4 is 17.5 Å². The molecule has 0 unspecified atom stereocenters. The number of nitrogens with two attached hydrogens (primary N) is 1. The number of hydrogen-bond acceptors (Lipinski definition) is 3. The second kappa shape index (κ2) is 7.79. The number of piperazine rings is 1. The van der Waals surface area contributed by atoms with Gasteiger partial charge < -0.3 is 5.73 Å². The number of carbonyl (C=O) groups excluding carboxylic acids is 1. The molecule has 0 aliphatic carbocycles. The average molecular weight is 344 g/mol. The van der Waals surface area contributed by atoms with Gasteiger partial charge >= 0.3 is 0 Å². The molecule has 24 heavy (non-hydrogen) atoms. The van der Waals surface area contributed by atoms with Gasteiger partial charge in [-0.05, 0) is 28.8 Å². The molecular weight excluding hydrogens is 322 g/mol. The van der Waals surface area contributed by atoms with E-state index in [1.807, 2.05) is 24.3 Å². The molecule has 2 N–H and O–H groups in total. The Hall–Kier alpha value is -1.88. The van der Waals surface area contributed by atoms with Gasteiger partial charge in [-0.3, -0.25) is 14.6 Å².